The van der Waals surface area contributed by atoms with Crippen molar-refractivity contribution in [2.45, 2.75) is 38.7 Å². The zero-order chi connectivity index (χ0) is 11.5. The molecule has 1 aromatic carbocycles. The first-order valence-corrected chi connectivity index (χ1v) is 5.81. The molecule has 0 radical (unpaired) electrons. The van der Waals surface area contributed by atoms with Gasteiger partial charge in [-0.25, -0.2) is 8.78 Å². The van der Waals surface area contributed by atoms with Crippen LogP contribution in [0.1, 0.15) is 38.2 Å². The highest BCUT2D eigenvalue weighted by Gasteiger charge is 2.23. The van der Waals surface area contributed by atoms with Crippen LogP contribution < -0.4 is 5.32 Å². The molecule has 3 heteroatoms. The van der Waals surface area contributed by atoms with E-state index in [1.807, 2.05) is 6.07 Å². The Morgan fingerprint density at radius 2 is 2.12 bits per heavy atom. The van der Waals surface area contributed by atoms with Crippen LogP contribution in [0.2, 0.25) is 0 Å². The van der Waals surface area contributed by atoms with Crippen molar-refractivity contribution in [1.82, 2.24) is 0 Å². The van der Waals surface area contributed by atoms with Crippen molar-refractivity contribution in [3.8, 4) is 0 Å². The zero-order valence-corrected chi connectivity index (χ0v) is 9.42. The number of anilines is 1. The monoisotopic (exact) mass is 225 g/mol. The van der Waals surface area contributed by atoms with Crippen LogP contribution in [0.3, 0.4) is 0 Å². The molecule has 1 aliphatic carbocycles. The molecule has 1 N–H and O–H groups in total. The summed E-state index contributed by atoms with van der Waals surface area (Å²) in [5, 5.41) is 3.35. The molecular formula is C13H17F2N. The van der Waals surface area contributed by atoms with Gasteiger partial charge in [0.2, 0.25) is 0 Å². The highest BCUT2D eigenvalue weighted by Crippen LogP contribution is 2.29. The molecule has 88 valence electrons. The summed E-state index contributed by atoms with van der Waals surface area (Å²) in [4.78, 5) is 0. The number of rotatable bonds is 3. The highest BCUT2D eigenvalue weighted by atomic mass is 19.3. The SMILES string of the molecule is CC1CCCC1Nc1cccc(C(F)F)c1. The van der Waals surface area contributed by atoms with E-state index in [1.165, 1.54) is 18.9 Å². The first-order chi connectivity index (χ1) is 7.66. The van der Waals surface area contributed by atoms with E-state index >= 15 is 0 Å². The van der Waals surface area contributed by atoms with Crippen LogP contribution in [0, 0.1) is 5.92 Å². The normalized spacial score (nSPS) is 25.0. The van der Waals surface area contributed by atoms with Gasteiger partial charge in [-0.3, -0.25) is 0 Å². The van der Waals surface area contributed by atoms with Gasteiger partial charge in [-0.15, -0.1) is 0 Å². The van der Waals surface area contributed by atoms with Crippen molar-refractivity contribution in [2.24, 2.45) is 5.92 Å². The molecule has 0 bridgehead atoms. The van der Waals surface area contributed by atoms with Crippen LogP contribution in [0.4, 0.5) is 14.5 Å². The van der Waals surface area contributed by atoms with Crippen molar-refractivity contribution in [3.05, 3.63) is 29.8 Å². The Morgan fingerprint density at radius 1 is 1.31 bits per heavy atom. The Morgan fingerprint density at radius 3 is 2.75 bits per heavy atom. The van der Waals surface area contributed by atoms with E-state index in [1.54, 1.807) is 12.1 Å². The second kappa shape index (κ2) is 4.81. The van der Waals surface area contributed by atoms with Crippen molar-refractivity contribution in [2.75, 3.05) is 5.32 Å². The number of alkyl halides is 2. The van der Waals surface area contributed by atoms with Gasteiger partial charge >= 0.3 is 0 Å². The van der Waals surface area contributed by atoms with Crippen LogP contribution >= 0.6 is 0 Å². The van der Waals surface area contributed by atoms with Gasteiger partial charge in [0.1, 0.15) is 0 Å². The van der Waals surface area contributed by atoms with Crippen LogP contribution in [0.15, 0.2) is 24.3 Å². The van der Waals surface area contributed by atoms with Crippen LogP contribution in [0.5, 0.6) is 0 Å². The molecule has 1 aromatic rings. The minimum Gasteiger partial charge on any atom is -0.382 e. The van der Waals surface area contributed by atoms with Gasteiger partial charge in [0, 0.05) is 17.3 Å². The Kier molecular flexibility index (Phi) is 3.42. The minimum absolute atomic E-state index is 0.0932. The summed E-state index contributed by atoms with van der Waals surface area (Å²) in [6.07, 6.45) is 1.21. The molecule has 0 saturated heterocycles. The Balaban J connectivity index is 2.06. The number of hydrogen-bond acceptors (Lipinski definition) is 1. The summed E-state index contributed by atoms with van der Waals surface area (Å²) in [5.74, 6) is 0.634. The smallest absolute Gasteiger partial charge is 0.263 e. The minimum atomic E-state index is -2.39. The third-order valence-corrected chi connectivity index (χ3v) is 3.35. The lowest BCUT2D eigenvalue weighted by Gasteiger charge is -2.19. The third-order valence-electron chi connectivity index (χ3n) is 3.35. The summed E-state index contributed by atoms with van der Waals surface area (Å²) in [6, 6.07) is 7.00. The van der Waals surface area contributed by atoms with E-state index in [-0.39, 0.29) is 5.56 Å². The first kappa shape index (κ1) is 11.4. The van der Waals surface area contributed by atoms with Crippen molar-refractivity contribution in [3.63, 3.8) is 0 Å². The summed E-state index contributed by atoms with van der Waals surface area (Å²) in [7, 11) is 0. The molecule has 0 amide bonds. The molecule has 0 heterocycles. The van der Waals surface area contributed by atoms with Crippen molar-refractivity contribution in [1.29, 1.82) is 0 Å². The molecule has 0 spiro atoms. The van der Waals surface area contributed by atoms with Gasteiger partial charge in [0.05, 0.1) is 0 Å². The van der Waals surface area contributed by atoms with Gasteiger partial charge in [-0.2, -0.15) is 0 Å². The number of hydrogen-bond donors (Lipinski definition) is 1. The number of halogens is 2. The van der Waals surface area contributed by atoms with Gasteiger partial charge < -0.3 is 5.32 Å². The quantitative estimate of drug-likeness (QED) is 0.811. The molecule has 0 aromatic heterocycles. The molecule has 1 aliphatic rings. The summed E-state index contributed by atoms with van der Waals surface area (Å²) >= 11 is 0. The van der Waals surface area contributed by atoms with Crippen LogP contribution in [-0.4, -0.2) is 6.04 Å². The predicted octanol–water partition coefficient (Wildman–Crippen LogP) is 4.22. The summed E-state index contributed by atoms with van der Waals surface area (Å²) in [6.45, 7) is 2.21. The van der Waals surface area contributed by atoms with E-state index in [2.05, 4.69) is 12.2 Å². The second-order valence-electron chi connectivity index (χ2n) is 4.59. The van der Waals surface area contributed by atoms with E-state index in [0.717, 1.165) is 12.1 Å². The third kappa shape index (κ3) is 2.52. The molecule has 2 atom stereocenters. The number of benzene rings is 1. The molecule has 1 nitrogen and oxygen atoms in total. The summed E-state index contributed by atoms with van der Waals surface area (Å²) < 4.78 is 25.0. The largest absolute Gasteiger partial charge is 0.382 e. The standard InChI is InChI=1S/C13H17F2N/c1-9-4-2-7-12(9)16-11-6-3-5-10(8-11)13(14)15/h3,5-6,8-9,12-13,16H,2,4,7H2,1H3. The average molecular weight is 225 g/mol. The summed E-state index contributed by atoms with van der Waals surface area (Å²) in [5.41, 5.74) is 0.909. The van der Waals surface area contributed by atoms with Crippen molar-refractivity contribution < 1.29 is 8.78 Å². The van der Waals surface area contributed by atoms with E-state index < -0.39 is 6.43 Å². The van der Waals surface area contributed by atoms with Crippen LogP contribution in [-0.2, 0) is 0 Å². The zero-order valence-electron chi connectivity index (χ0n) is 9.42. The first-order valence-electron chi connectivity index (χ1n) is 5.81. The maximum absolute atomic E-state index is 12.5. The highest BCUT2D eigenvalue weighted by molar-refractivity contribution is 5.47. The van der Waals surface area contributed by atoms with E-state index in [4.69, 9.17) is 0 Å². The molecule has 2 rings (SSSR count). The van der Waals surface area contributed by atoms with E-state index in [0.29, 0.717) is 12.0 Å². The maximum Gasteiger partial charge on any atom is 0.263 e. The topological polar surface area (TPSA) is 12.0 Å². The van der Waals surface area contributed by atoms with Gasteiger partial charge in [-0.05, 0) is 30.9 Å². The lowest BCUT2D eigenvalue weighted by Crippen LogP contribution is -2.21. The molecule has 1 saturated carbocycles. The number of nitrogens with one attached hydrogen (secondary N) is 1. The Bertz CT molecular complexity index is 352. The Labute approximate surface area is 94.9 Å². The second-order valence-corrected chi connectivity index (χ2v) is 4.59. The molecule has 1 fully saturated rings. The lowest BCUT2D eigenvalue weighted by atomic mass is 10.1. The predicted molar refractivity (Wildman–Crippen MR) is 61.8 cm³/mol. The van der Waals surface area contributed by atoms with Crippen molar-refractivity contribution >= 4 is 5.69 Å². The fraction of sp³-hybridized carbons (Fsp3) is 0.538. The fourth-order valence-electron chi connectivity index (χ4n) is 2.34. The van der Waals surface area contributed by atoms with Gasteiger partial charge in [0.15, 0.2) is 0 Å². The Hall–Kier alpha value is -1.12. The maximum atomic E-state index is 12.5. The molecular weight excluding hydrogens is 208 g/mol. The molecule has 16 heavy (non-hydrogen) atoms. The lowest BCUT2D eigenvalue weighted by molar-refractivity contribution is 0.151. The average Bonchev–Trinajstić information content (AvgIpc) is 2.65. The molecule has 2 unspecified atom stereocenters. The molecule has 0 aliphatic heterocycles. The van der Waals surface area contributed by atoms with Crippen LogP contribution in [0.25, 0.3) is 0 Å². The van der Waals surface area contributed by atoms with Gasteiger partial charge in [-0.1, -0.05) is 25.5 Å². The fourth-order valence-corrected chi connectivity index (χ4v) is 2.34. The van der Waals surface area contributed by atoms with E-state index in [9.17, 15) is 8.78 Å². The van der Waals surface area contributed by atoms with Gasteiger partial charge in [0.25, 0.3) is 6.43 Å².